The molecule has 0 aliphatic carbocycles. The van der Waals surface area contributed by atoms with Gasteiger partial charge in [-0.05, 0) is 24.1 Å². The molecular weight excluding hydrogens is 219 g/mol. The average molecular weight is 238 g/mol. The van der Waals surface area contributed by atoms with Crippen molar-refractivity contribution in [1.29, 1.82) is 0 Å². The standard InChI is InChI=1S/C12H19FN4/c1-3-8-15-12(16-14)17(2)9-10-4-6-11(13)7-5-10/h4-7H,3,8-9,14H2,1-2H3,(H,15,16). The number of nitrogens with zero attached hydrogens (tertiary/aromatic N) is 2. The van der Waals surface area contributed by atoms with Gasteiger partial charge in [0.25, 0.3) is 0 Å². The molecule has 0 aliphatic heterocycles. The van der Waals surface area contributed by atoms with Crippen molar-refractivity contribution in [2.75, 3.05) is 13.6 Å². The highest BCUT2D eigenvalue weighted by molar-refractivity contribution is 5.79. The van der Waals surface area contributed by atoms with Crippen LogP contribution in [0.25, 0.3) is 0 Å². The van der Waals surface area contributed by atoms with Crippen LogP contribution in [0.3, 0.4) is 0 Å². The van der Waals surface area contributed by atoms with E-state index in [1.807, 2.05) is 11.9 Å². The lowest BCUT2D eigenvalue weighted by Crippen LogP contribution is -2.42. The highest BCUT2D eigenvalue weighted by Crippen LogP contribution is 2.05. The molecule has 0 radical (unpaired) electrons. The van der Waals surface area contributed by atoms with E-state index in [0.717, 1.165) is 18.5 Å². The van der Waals surface area contributed by atoms with Crippen LogP contribution < -0.4 is 11.3 Å². The first-order valence-corrected chi connectivity index (χ1v) is 5.64. The average Bonchev–Trinajstić information content (AvgIpc) is 2.33. The van der Waals surface area contributed by atoms with Crippen molar-refractivity contribution >= 4 is 5.96 Å². The summed E-state index contributed by atoms with van der Waals surface area (Å²) in [6, 6.07) is 6.39. The lowest BCUT2D eigenvalue weighted by Gasteiger charge is -2.20. The van der Waals surface area contributed by atoms with Gasteiger partial charge >= 0.3 is 0 Å². The van der Waals surface area contributed by atoms with E-state index in [1.165, 1.54) is 12.1 Å². The van der Waals surface area contributed by atoms with Crippen LogP contribution in [0.1, 0.15) is 18.9 Å². The first-order valence-electron chi connectivity index (χ1n) is 5.64. The van der Waals surface area contributed by atoms with Crippen molar-refractivity contribution < 1.29 is 4.39 Å². The summed E-state index contributed by atoms with van der Waals surface area (Å²) >= 11 is 0. The van der Waals surface area contributed by atoms with Crippen LogP contribution in [0.15, 0.2) is 29.3 Å². The SMILES string of the molecule is CCCN=C(NN)N(C)Cc1ccc(F)cc1. The van der Waals surface area contributed by atoms with Crippen molar-refractivity contribution in [2.45, 2.75) is 19.9 Å². The number of guanidine groups is 1. The molecule has 0 spiro atoms. The third kappa shape index (κ3) is 4.40. The van der Waals surface area contributed by atoms with Gasteiger partial charge in [-0.2, -0.15) is 0 Å². The number of hydrogen-bond acceptors (Lipinski definition) is 2. The molecule has 1 aromatic carbocycles. The van der Waals surface area contributed by atoms with Crippen molar-refractivity contribution in [3.05, 3.63) is 35.6 Å². The molecular formula is C12H19FN4. The van der Waals surface area contributed by atoms with E-state index < -0.39 is 0 Å². The Bertz CT molecular complexity index is 361. The first-order chi connectivity index (χ1) is 8.17. The Morgan fingerprint density at radius 1 is 1.41 bits per heavy atom. The van der Waals surface area contributed by atoms with E-state index in [4.69, 9.17) is 5.84 Å². The predicted molar refractivity (Wildman–Crippen MR) is 67.8 cm³/mol. The van der Waals surface area contributed by atoms with Gasteiger partial charge in [0.2, 0.25) is 5.96 Å². The lowest BCUT2D eigenvalue weighted by atomic mass is 10.2. The Hall–Kier alpha value is -1.62. The second-order valence-electron chi connectivity index (χ2n) is 3.83. The molecule has 0 atom stereocenters. The summed E-state index contributed by atoms with van der Waals surface area (Å²) in [4.78, 5) is 6.20. The first kappa shape index (κ1) is 13.4. The van der Waals surface area contributed by atoms with Crippen LogP contribution in [-0.2, 0) is 6.54 Å². The number of rotatable bonds is 4. The van der Waals surface area contributed by atoms with Gasteiger partial charge in [-0.1, -0.05) is 19.1 Å². The molecule has 4 nitrogen and oxygen atoms in total. The molecule has 17 heavy (non-hydrogen) atoms. The van der Waals surface area contributed by atoms with Gasteiger partial charge < -0.3 is 4.90 Å². The molecule has 0 unspecified atom stereocenters. The van der Waals surface area contributed by atoms with Gasteiger partial charge in [0, 0.05) is 20.1 Å². The fourth-order valence-electron chi connectivity index (χ4n) is 1.43. The third-order valence-electron chi connectivity index (χ3n) is 2.31. The minimum atomic E-state index is -0.228. The summed E-state index contributed by atoms with van der Waals surface area (Å²) < 4.78 is 12.7. The molecule has 1 aromatic rings. The molecule has 1 rings (SSSR count). The molecule has 0 saturated heterocycles. The molecule has 0 fully saturated rings. The van der Waals surface area contributed by atoms with Crippen LogP contribution in [0.5, 0.6) is 0 Å². The molecule has 0 bridgehead atoms. The zero-order valence-electron chi connectivity index (χ0n) is 10.3. The highest BCUT2D eigenvalue weighted by atomic mass is 19.1. The molecule has 5 heteroatoms. The van der Waals surface area contributed by atoms with Crippen LogP contribution in [0.4, 0.5) is 4.39 Å². The van der Waals surface area contributed by atoms with Crippen LogP contribution in [0, 0.1) is 5.82 Å². The van der Waals surface area contributed by atoms with Crippen molar-refractivity contribution in [2.24, 2.45) is 10.8 Å². The third-order valence-corrected chi connectivity index (χ3v) is 2.31. The smallest absolute Gasteiger partial charge is 0.208 e. The van der Waals surface area contributed by atoms with Crippen molar-refractivity contribution in [3.8, 4) is 0 Å². The monoisotopic (exact) mass is 238 g/mol. The minimum Gasteiger partial charge on any atom is -0.341 e. The maximum absolute atomic E-state index is 12.7. The van der Waals surface area contributed by atoms with Gasteiger partial charge in [0.1, 0.15) is 5.82 Å². The van der Waals surface area contributed by atoms with E-state index in [2.05, 4.69) is 17.3 Å². The summed E-state index contributed by atoms with van der Waals surface area (Å²) in [5.74, 6) is 5.82. The molecule has 0 saturated carbocycles. The zero-order chi connectivity index (χ0) is 12.7. The Morgan fingerprint density at radius 2 is 2.06 bits per heavy atom. The zero-order valence-corrected chi connectivity index (χ0v) is 10.3. The van der Waals surface area contributed by atoms with Crippen molar-refractivity contribution in [1.82, 2.24) is 10.3 Å². The number of nitrogens with two attached hydrogens (primary N) is 1. The predicted octanol–water partition coefficient (Wildman–Crippen LogP) is 1.49. The second-order valence-corrected chi connectivity index (χ2v) is 3.83. The Balaban J connectivity index is 2.63. The number of halogens is 1. The Kier molecular flexibility index (Phi) is 5.42. The Labute approximate surface area is 101 Å². The van der Waals surface area contributed by atoms with E-state index in [0.29, 0.717) is 12.5 Å². The maximum atomic E-state index is 12.7. The second kappa shape index (κ2) is 6.85. The topological polar surface area (TPSA) is 53.6 Å². The lowest BCUT2D eigenvalue weighted by molar-refractivity contribution is 0.476. The number of aliphatic imine (C=N–C) groups is 1. The molecule has 0 aromatic heterocycles. The molecule has 0 heterocycles. The van der Waals surface area contributed by atoms with Crippen LogP contribution in [-0.4, -0.2) is 24.5 Å². The van der Waals surface area contributed by atoms with E-state index in [1.54, 1.807) is 12.1 Å². The van der Waals surface area contributed by atoms with Gasteiger partial charge in [-0.15, -0.1) is 0 Å². The normalized spacial score (nSPS) is 11.4. The minimum absolute atomic E-state index is 0.228. The highest BCUT2D eigenvalue weighted by Gasteiger charge is 2.05. The summed E-state index contributed by atoms with van der Waals surface area (Å²) in [7, 11) is 1.89. The van der Waals surface area contributed by atoms with Crippen LogP contribution >= 0.6 is 0 Å². The number of benzene rings is 1. The number of hydrazine groups is 1. The van der Waals surface area contributed by atoms with Gasteiger partial charge in [-0.3, -0.25) is 10.4 Å². The van der Waals surface area contributed by atoms with E-state index in [9.17, 15) is 4.39 Å². The Morgan fingerprint density at radius 3 is 2.59 bits per heavy atom. The summed E-state index contributed by atoms with van der Waals surface area (Å²) in [5, 5.41) is 0. The summed E-state index contributed by atoms with van der Waals surface area (Å²) in [5.41, 5.74) is 3.58. The van der Waals surface area contributed by atoms with E-state index in [-0.39, 0.29) is 5.82 Å². The quantitative estimate of drug-likeness (QED) is 0.361. The van der Waals surface area contributed by atoms with Gasteiger partial charge in [0.15, 0.2) is 0 Å². The summed E-state index contributed by atoms with van der Waals surface area (Å²) in [6.07, 6.45) is 0.968. The fraction of sp³-hybridized carbons (Fsp3) is 0.417. The van der Waals surface area contributed by atoms with Crippen molar-refractivity contribution in [3.63, 3.8) is 0 Å². The maximum Gasteiger partial charge on any atom is 0.208 e. The van der Waals surface area contributed by atoms with Gasteiger partial charge in [-0.25, -0.2) is 10.2 Å². The summed E-state index contributed by atoms with van der Waals surface area (Å²) in [6.45, 7) is 3.41. The molecule has 94 valence electrons. The molecule has 0 amide bonds. The largest absolute Gasteiger partial charge is 0.341 e. The molecule has 0 aliphatic rings. The fourth-order valence-corrected chi connectivity index (χ4v) is 1.43. The van der Waals surface area contributed by atoms with Gasteiger partial charge in [0.05, 0.1) is 0 Å². The molecule has 3 N–H and O–H groups in total. The van der Waals surface area contributed by atoms with E-state index >= 15 is 0 Å². The van der Waals surface area contributed by atoms with Crippen LogP contribution in [0.2, 0.25) is 0 Å². The number of hydrogen-bond donors (Lipinski definition) is 2. The number of nitrogens with one attached hydrogen (secondary N) is 1.